The Hall–Kier alpha value is -2.08. The van der Waals surface area contributed by atoms with E-state index in [1.807, 2.05) is 12.1 Å². The normalized spacial score (nSPS) is 13.0. The first-order valence-electron chi connectivity index (χ1n) is 5.98. The Kier molecular flexibility index (Phi) is 3.71. The van der Waals surface area contributed by atoms with Crippen LogP contribution in [-0.2, 0) is 11.2 Å². The Bertz CT molecular complexity index is 641. The molecular weight excluding hydrogens is 248 g/mol. The molecule has 1 aromatic carbocycles. The molecule has 2 N–H and O–H groups in total. The number of aliphatic carboxylic acids is 1. The summed E-state index contributed by atoms with van der Waals surface area (Å²) in [6, 6.07) is 4.86. The average Bonchev–Trinajstić information content (AvgIpc) is 2.67. The van der Waals surface area contributed by atoms with E-state index in [1.165, 1.54) is 0 Å². The van der Waals surface area contributed by atoms with Gasteiger partial charge in [0, 0.05) is 0 Å². The smallest absolute Gasteiger partial charge is 0.417 e. The number of nitrogens with one attached hydrogen (secondary N) is 1. The first kappa shape index (κ1) is 13.4. The topological polar surface area (TPSA) is 86.5 Å². The fraction of sp³-hybridized carbons (Fsp3) is 0.385. The Morgan fingerprint density at radius 3 is 2.84 bits per heavy atom. The van der Waals surface area contributed by atoms with E-state index in [9.17, 15) is 9.59 Å². The molecule has 0 saturated heterocycles. The van der Waals surface area contributed by atoms with Gasteiger partial charge in [-0.2, -0.15) is 0 Å². The van der Waals surface area contributed by atoms with Gasteiger partial charge in [-0.15, -0.1) is 0 Å². The summed E-state index contributed by atoms with van der Waals surface area (Å²) >= 11 is 0. The number of oxazole rings is 1. The number of hydrogen-bond donors (Lipinski definition) is 2. The summed E-state index contributed by atoms with van der Waals surface area (Å²) in [6.45, 7) is 0. The maximum Gasteiger partial charge on any atom is 0.417 e. The highest BCUT2D eigenvalue weighted by atomic mass is 16.4. The summed E-state index contributed by atoms with van der Waals surface area (Å²) in [5, 5.41) is 9.09. The van der Waals surface area contributed by atoms with E-state index in [0.717, 1.165) is 5.56 Å². The van der Waals surface area contributed by atoms with Crippen LogP contribution in [0.15, 0.2) is 27.4 Å². The Labute approximate surface area is 109 Å². The van der Waals surface area contributed by atoms with Gasteiger partial charge in [0.25, 0.3) is 0 Å². The van der Waals surface area contributed by atoms with Gasteiger partial charge in [0.2, 0.25) is 0 Å². The minimum atomic E-state index is -0.831. The molecule has 1 atom stereocenters. The molecule has 19 heavy (non-hydrogen) atoms. The molecule has 1 unspecified atom stereocenters. The van der Waals surface area contributed by atoms with Crippen LogP contribution in [0.5, 0.6) is 0 Å². The molecule has 6 nitrogen and oxygen atoms in total. The lowest BCUT2D eigenvalue weighted by Gasteiger charge is -2.19. The van der Waals surface area contributed by atoms with Crippen molar-refractivity contribution >= 4 is 17.1 Å². The third-order valence-electron chi connectivity index (χ3n) is 3.10. The van der Waals surface area contributed by atoms with Crippen LogP contribution in [0.2, 0.25) is 0 Å². The van der Waals surface area contributed by atoms with Crippen LogP contribution in [0.3, 0.4) is 0 Å². The minimum Gasteiger partial charge on any atom is -0.480 e. The zero-order valence-corrected chi connectivity index (χ0v) is 10.8. The number of aromatic nitrogens is 1. The molecular formula is C13H16N2O4. The predicted octanol–water partition coefficient (Wildman–Crippen LogP) is 1.07. The maximum absolute atomic E-state index is 11.1. The molecule has 0 aliphatic heterocycles. The fourth-order valence-corrected chi connectivity index (χ4v) is 2.06. The molecule has 0 saturated carbocycles. The molecule has 1 aromatic heterocycles. The van der Waals surface area contributed by atoms with Crippen LogP contribution in [0.1, 0.15) is 12.0 Å². The van der Waals surface area contributed by atoms with Crippen molar-refractivity contribution in [2.75, 3.05) is 14.1 Å². The number of carbonyl (C=O) groups is 1. The van der Waals surface area contributed by atoms with Gasteiger partial charge in [0.05, 0.1) is 5.52 Å². The van der Waals surface area contributed by atoms with Crippen molar-refractivity contribution in [3.8, 4) is 0 Å². The zero-order chi connectivity index (χ0) is 14.0. The third-order valence-corrected chi connectivity index (χ3v) is 3.10. The van der Waals surface area contributed by atoms with Crippen molar-refractivity contribution in [2.45, 2.75) is 18.9 Å². The SMILES string of the molecule is CN(C)C(CCc1ccc2oc(=O)[nH]c2c1)C(=O)O. The maximum atomic E-state index is 11.1. The monoisotopic (exact) mass is 264 g/mol. The van der Waals surface area contributed by atoms with Gasteiger partial charge in [-0.3, -0.25) is 14.7 Å². The molecule has 0 bridgehead atoms. The number of carboxylic acids is 1. The molecule has 1 heterocycles. The number of benzene rings is 1. The standard InChI is InChI=1S/C13H16N2O4/c1-15(2)10(12(16)17)5-3-8-4-6-11-9(7-8)14-13(18)19-11/h4,6-7,10H,3,5H2,1-2H3,(H,14,18)(H,16,17). The quantitative estimate of drug-likeness (QED) is 0.843. The zero-order valence-electron chi connectivity index (χ0n) is 10.8. The number of aryl methyl sites for hydroxylation is 1. The van der Waals surface area contributed by atoms with E-state index in [-0.39, 0.29) is 0 Å². The summed E-state index contributed by atoms with van der Waals surface area (Å²) in [6.07, 6.45) is 1.13. The number of nitrogens with zero attached hydrogens (tertiary/aromatic N) is 1. The average molecular weight is 264 g/mol. The minimum absolute atomic E-state index is 0.483. The highest BCUT2D eigenvalue weighted by molar-refractivity contribution is 5.74. The molecule has 2 rings (SSSR count). The second-order valence-corrected chi connectivity index (χ2v) is 4.70. The van der Waals surface area contributed by atoms with Crippen molar-refractivity contribution in [3.05, 3.63) is 34.3 Å². The van der Waals surface area contributed by atoms with Crippen LogP contribution in [0, 0.1) is 0 Å². The Balaban J connectivity index is 2.12. The molecule has 0 radical (unpaired) electrons. The molecule has 0 aliphatic rings. The van der Waals surface area contributed by atoms with Crippen molar-refractivity contribution in [1.82, 2.24) is 9.88 Å². The number of likely N-dealkylation sites (N-methyl/N-ethyl adjacent to an activating group) is 1. The highest BCUT2D eigenvalue weighted by Gasteiger charge is 2.19. The van der Waals surface area contributed by atoms with E-state index >= 15 is 0 Å². The van der Waals surface area contributed by atoms with Crippen molar-refractivity contribution < 1.29 is 14.3 Å². The summed E-state index contributed by atoms with van der Waals surface area (Å²) < 4.78 is 4.91. The number of H-pyrrole nitrogens is 1. The van der Waals surface area contributed by atoms with Gasteiger partial charge < -0.3 is 9.52 Å². The van der Waals surface area contributed by atoms with E-state index in [1.54, 1.807) is 25.1 Å². The second kappa shape index (κ2) is 5.27. The van der Waals surface area contributed by atoms with Crippen LogP contribution >= 0.6 is 0 Å². The molecule has 0 amide bonds. The first-order chi connectivity index (χ1) is 8.97. The van der Waals surface area contributed by atoms with E-state index in [2.05, 4.69) is 4.98 Å². The van der Waals surface area contributed by atoms with Crippen LogP contribution in [0.25, 0.3) is 11.1 Å². The van der Waals surface area contributed by atoms with E-state index in [4.69, 9.17) is 9.52 Å². The van der Waals surface area contributed by atoms with Crippen molar-refractivity contribution in [1.29, 1.82) is 0 Å². The molecule has 0 aliphatic carbocycles. The van der Waals surface area contributed by atoms with Crippen molar-refractivity contribution in [3.63, 3.8) is 0 Å². The lowest BCUT2D eigenvalue weighted by Crippen LogP contribution is -2.35. The van der Waals surface area contributed by atoms with Crippen molar-refractivity contribution in [2.24, 2.45) is 0 Å². The van der Waals surface area contributed by atoms with Gasteiger partial charge in [0.1, 0.15) is 6.04 Å². The van der Waals surface area contributed by atoms with Gasteiger partial charge in [0.15, 0.2) is 5.58 Å². The molecule has 0 fully saturated rings. The number of rotatable bonds is 5. The van der Waals surface area contributed by atoms with Gasteiger partial charge in [-0.25, -0.2) is 4.79 Å². The molecule has 6 heteroatoms. The van der Waals surface area contributed by atoms with E-state index in [0.29, 0.717) is 23.9 Å². The highest BCUT2D eigenvalue weighted by Crippen LogP contribution is 2.15. The Morgan fingerprint density at radius 1 is 1.47 bits per heavy atom. The predicted molar refractivity (Wildman–Crippen MR) is 70.3 cm³/mol. The van der Waals surface area contributed by atoms with Gasteiger partial charge >= 0.3 is 11.7 Å². The van der Waals surface area contributed by atoms with Gasteiger partial charge in [-0.1, -0.05) is 6.07 Å². The van der Waals surface area contributed by atoms with Gasteiger partial charge in [-0.05, 0) is 44.6 Å². The number of hydrogen-bond acceptors (Lipinski definition) is 4. The number of fused-ring (bicyclic) bond motifs is 1. The summed E-state index contributed by atoms with van der Waals surface area (Å²) in [5.74, 6) is -1.31. The van der Waals surface area contributed by atoms with Crippen LogP contribution in [-0.4, -0.2) is 41.1 Å². The molecule has 0 spiro atoms. The fourth-order valence-electron chi connectivity index (χ4n) is 2.06. The number of aromatic amines is 1. The number of carboxylic acid groups (broad SMARTS) is 1. The van der Waals surface area contributed by atoms with E-state index < -0.39 is 17.8 Å². The summed E-state index contributed by atoms with van der Waals surface area (Å²) in [4.78, 5) is 26.4. The first-order valence-corrected chi connectivity index (χ1v) is 5.98. The van der Waals surface area contributed by atoms with Crippen LogP contribution in [0.4, 0.5) is 0 Å². The largest absolute Gasteiger partial charge is 0.480 e. The lowest BCUT2D eigenvalue weighted by atomic mass is 10.0. The lowest BCUT2D eigenvalue weighted by molar-refractivity contribution is -0.142. The summed E-state index contributed by atoms with van der Waals surface area (Å²) in [5.41, 5.74) is 2.12. The summed E-state index contributed by atoms with van der Waals surface area (Å²) in [7, 11) is 3.49. The molecule has 2 aromatic rings. The Morgan fingerprint density at radius 2 is 2.21 bits per heavy atom. The molecule has 102 valence electrons. The third kappa shape index (κ3) is 3.03. The van der Waals surface area contributed by atoms with Crippen LogP contribution < -0.4 is 5.76 Å². The second-order valence-electron chi connectivity index (χ2n) is 4.70.